The third kappa shape index (κ3) is 1.13. The van der Waals surface area contributed by atoms with Crippen LogP contribution in [0.1, 0.15) is 12.0 Å². The summed E-state index contributed by atoms with van der Waals surface area (Å²) in [6.07, 6.45) is 1.32. The fourth-order valence-electron chi connectivity index (χ4n) is 1.43. The second-order valence-corrected chi connectivity index (χ2v) is 3.38. The summed E-state index contributed by atoms with van der Waals surface area (Å²) < 4.78 is 0. The van der Waals surface area contributed by atoms with E-state index in [-0.39, 0.29) is 0 Å². The molecule has 0 unspecified atom stereocenters. The molecule has 1 saturated heterocycles. The molecule has 2 N–H and O–H groups in total. The van der Waals surface area contributed by atoms with E-state index in [0.717, 1.165) is 5.69 Å². The molecule has 12 heavy (non-hydrogen) atoms. The standard InChI is InChI=1S/C10H14N2/c1-8-7-9(3-4-10(8)11)12-5-2-6-12/h3-4,7H,2,5-6,11H2,1H3. The molecule has 2 nitrogen and oxygen atoms in total. The second-order valence-electron chi connectivity index (χ2n) is 3.38. The molecule has 0 spiro atoms. The minimum atomic E-state index is 0.888. The second kappa shape index (κ2) is 2.70. The molecule has 0 aromatic heterocycles. The van der Waals surface area contributed by atoms with Crippen LogP contribution in [0.5, 0.6) is 0 Å². The summed E-state index contributed by atoms with van der Waals surface area (Å²) in [4.78, 5) is 2.37. The van der Waals surface area contributed by atoms with Crippen LogP contribution in [0.2, 0.25) is 0 Å². The van der Waals surface area contributed by atoms with Crippen molar-refractivity contribution in [1.82, 2.24) is 0 Å². The predicted molar refractivity (Wildman–Crippen MR) is 52.4 cm³/mol. The highest BCUT2D eigenvalue weighted by Gasteiger charge is 2.14. The van der Waals surface area contributed by atoms with Gasteiger partial charge in [0.05, 0.1) is 0 Å². The normalized spacial score (nSPS) is 15.9. The van der Waals surface area contributed by atoms with Gasteiger partial charge in [-0.3, -0.25) is 0 Å². The maximum absolute atomic E-state index is 5.73. The minimum absolute atomic E-state index is 0.888. The van der Waals surface area contributed by atoms with E-state index < -0.39 is 0 Å². The van der Waals surface area contributed by atoms with E-state index >= 15 is 0 Å². The van der Waals surface area contributed by atoms with Crippen molar-refractivity contribution < 1.29 is 0 Å². The maximum atomic E-state index is 5.73. The lowest BCUT2D eigenvalue weighted by Crippen LogP contribution is -2.36. The molecule has 0 radical (unpaired) electrons. The fraction of sp³-hybridized carbons (Fsp3) is 0.400. The van der Waals surface area contributed by atoms with Crippen LogP contribution in [0.15, 0.2) is 18.2 Å². The molecule has 1 aromatic carbocycles. The highest BCUT2D eigenvalue weighted by molar-refractivity contribution is 5.58. The van der Waals surface area contributed by atoms with E-state index in [4.69, 9.17) is 5.73 Å². The van der Waals surface area contributed by atoms with Crippen molar-refractivity contribution in [3.05, 3.63) is 23.8 Å². The molecule has 1 aliphatic rings. The van der Waals surface area contributed by atoms with E-state index in [2.05, 4.69) is 24.0 Å². The number of anilines is 2. The van der Waals surface area contributed by atoms with Crippen molar-refractivity contribution in [3.63, 3.8) is 0 Å². The van der Waals surface area contributed by atoms with E-state index in [9.17, 15) is 0 Å². The van der Waals surface area contributed by atoms with Crippen molar-refractivity contribution in [1.29, 1.82) is 0 Å². The fourth-order valence-corrected chi connectivity index (χ4v) is 1.43. The average molecular weight is 162 g/mol. The highest BCUT2D eigenvalue weighted by atomic mass is 15.2. The van der Waals surface area contributed by atoms with Crippen molar-refractivity contribution >= 4 is 11.4 Å². The first-order chi connectivity index (χ1) is 5.77. The van der Waals surface area contributed by atoms with Crippen LogP contribution < -0.4 is 10.6 Å². The number of rotatable bonds is 1. The Hall–Kier alpha value is -1.18. The van der Waals surface area contributed by atoms with Crippen molar-refractivity contribution in [3.8, 4) is 0 Å². The molecule has 0 saturated carbocycles. The lowest BCUT2D eigenvalue weighted by atomic mass is 10.1. The number of nitrogen functional groups attached to an aromatic ring is 1. The monoisotopic (exact) mass is 162 g/mol. The van der Waals surface area contributed by atoms with Gasteiger partial charge in [-0.05, 0) is 37.1 Å². The molecular weight excluding hydrogens is 148 g/mol. The molecule has 2 heteroatoms. The molecule has 1 fully saturated rings. The molecule has 64 valence electrons. The smallest absolute Gasteiger partial charge is 0.0370 e. The molecule has 1 aliphatic heterocycles. The van der Waals surface area contributed by atoms with Crippen LogP contribution in [0, 0.1) is 6.92 Å². The SMILES string of the molecule is Cc1cc(N2CCC2)ccc1N. The Balaban J connectivity index is 2.27. The number of hydrogen-bond acceptors (Lipinski definition) is 2. The van der Waals surface area contributed by atoms with E-state index in [1.54, 1.807) is 0 Å². The minimum Gasteiger partial charge on any atom is -0.399 e. The van der Waals surface area contributed by atoms with E-state index in [1.807, 2.05) is 6.07 Å². The topological polar surface area (TPSA) is 29.3 Å². The molecular formula is C10H14N2. The third-order valence-electron chi connectivity index (χ3n) is 2.47. The average Bonchev–Trinajstić information content (AvgIpc) is 1.93. The summed E-state index contributed by atoms with van der Waals surface area (Å²) in [7, 11) is 0. The zero-order valence-electron chi connectivity index (χ0n) is 7.38. The summed E-state index contributed by atoms with van der Waals surface area (Å²) in [5, 5.41) is 0. The summed E-state index contributed by atoms with van der Waals surface area (Å²) in [5.41, 5.74) is 9.11. The van der Waals surface area contributed by atoms with Crippen LogP contribution in [-0.2, 0) is 0 Å². The summed E-state index contributed by atoms with van der Waals surface area (Å²) in [5.74, 6) is 0. The number of aryl methyl sites for hydroxylation is 1. The molecule has 1 aromatic rings. The van der Waals surface area contributed by atoms with Gasteiger partial charge in [0.2, 0.25) is 0 Å². The summed E-state index contributed by atoms with van der Waals surface area (Å²) >= 11 is 0. The van der Waals surface area contributed by atoms with Gasteiger partial charge in [-0.2, -0.15) is 0 Å². The first-order valence-corrected chi connectivity index (χ1v) is 4.38. The molecule has 2 rings (SSSR count). The van der Waals surface area contributed by atoms with Gasteiger partial charge in [-0.1, -0.05) is 0 Å². The zero-order valence-corrected chi connectivity index (χ0v) is 7.38. The van der Waals surface area contributed by atoms with Crippen LogP contribution >= 0.6 is 0 Å². The van der Waals surface area contributed by atoms with Gasteiger partial charge in [0, 0.05) is 24.5 Å². The number of nitrogens with zero attached hydrogens (tertiary/aromatic N) is 1. The number of benzene rings is 1. The molecule has 0 amide bonds. The highest BCUT2D eigenvalue weighted by Crippen LogP contribution is 2.23. The van der Waals surface area contributed by atoms with Crippen LogP contribution in [0.3, 0.4) is 0 Å². The van der Waals surface area contributed by atoms with Gasteiger partial charge in [-0.15, -0.1) is 0 Å². The Morgan fingerprint density at radius 2 is 2.08 bits per heavy atom. The van der Waals surface area contributed by atoms with Crippen LogP contribution in [0.25, 0.3) is 0 Å². The Labute approximate surface area is 73.0 Å². The quantitative estimate of drug-likeness (QED) is 0.638. The summed E-state index contributed by atoms with van der Waals surface area (Å²) in [6, 6.07) is 6.25. The zero-order chi connectivity index (χ0) is 8.55. The Kier molecular flexibility index (Phi) is 1.68. The van der Waals surface area contributed by atoms with Crippen molar-refractivity contribution in [2.24, 2.45) is 0 Å². The van der Waals surface area contributed by atoms with Crippen molar-refractivity contribution in [2.75, 3.05) is 23.7 Å². The van der Waals surface area contributed by atoms with E-state index in [1.165, 1.54) is 30.8 Å². The lowest BCUT2D eigenvalue weighted by Gasteiger charge is -2.33. The molecule has 0 aliphatic carbocycles. The first-order valence-electron chi connectivity index (χ1n) is 4.38. The van der Waals surface area contributed by atoms with E-state index in [0.29, 0.717) is 0 Å². The van der Waals surface area contributed by atoms with Gasteiger partial charge in [0.1, 0.15) is 0 Å². The largest absolute Gasteiger partial charge is 0.399 e. The van der Waals surface area contributed by atoms with Crippen molar-refractivity contribution in [2.45, 2.75) is 13.3 Å². The number of nitrogens with two attached hydrogens (primary N) is 1. The summed E-state index contributed by atoms with van der Waals surface area (Å²) in [6.45, 7) is 4.45. The number of hydrogen-bond donors (Lipinski definition) is 1. The maximum Gasteiger partial charge on any atom is 0.0370 e. The Morgan fingerprint density at radius 3 is 2.58 bits per heavy atom. The Bertz CT molecular complexity index is 290. The third-order valence-corrected chi connectivity index (χ3v) is 2.47. The predicted octanol–water partition coefficient (Wildman–Crippen LogP) is 1.79. The van der Waals surface area contributed by atoms with Crippen LogP contribution in [-0.4, -0.2) is 13.1 Å². The van der Waals surface area contributed by atoms with Gasteiger partial charge >= 0.3 is 0 Å². The van der Waals surface area contributed by atoms with Gasteiger partial charge in [0.15, 0.2) is 0 Å². The van der Waals surface area contributed by atoms with Gasteiger partial charge < -0.3 is 10.6 Å². The first kappa shape index (κ1) is 7.47. The molecule has 0 atom stereocenters. The lowest BCUT2D eigenvalue weighted by molar-refractivity contribution is 0.617. The van der Waals surface area contributed by atoms with Gasteiger partial charge in [0.25, 0.3) is 0 Å². The molecule has 1 heterocycles. The Morgan fingerprint density at radius 1 is 1.33 bits per heavy atom. The molecule has 0 bridgehead atoms. The van der Waals surface area contributed by atoms with Crippen LogP contribution in [0.4, 0.5) is 11.4 Å². The van der Waals surface area contributed by atoms with Gasteiger partial charge in [-0.25, -0.2) is 0 Å².